The van der Waals surface area contributed by atoms with E-state index in [0.29, 0.717) is 0 Å². The lowest BCUT2D eigenvalue weighted by Crippen LogP contribution is -2.24. The quantitative estimate of drug-likeness (QED) is 0.353. The first-order valence-electron chi connectivity index (χ1n) is 4.92. The zero-order valence-electron chi connectivity index (χ0n) is 9.26. The second-order valence-corrected chi connectivity index (χ2v) is 3.85. The molecule has 6 heteroatoms. The van der Waals surface area contributed by atoms with E-state index >= 15 is 0 Å². The normalized spacial score (nSPS) is 11.1. The van der Waals surface area contributed by atoms with E-state index in [4.69, 9.17) is 11.6 Å². The Balaban J connectivity index is 3.31. The standard InChI is InChI=1S/C12H10ClNO4/c1-2-3-9(12(15)16)6-8-4-5-10(13)7-11(8)14(17)18/h2,4-7H,1,3H2,(H,15,16)/p-1/b9-6+. The first-order chi connectivity index (χ1) is 8.45. The van der Waals surface area contributed by atoms with Crippen molar-refractivity contribution in [1.29, 1.82) is 0 Å². The molecular formula is C12H9ClNO4-. The van der Waals surface area contributed by atoms with Crippen molar-refractivity contribution in [3.8, 4) is 0 Å². The number of carbonyl (C=O) groups is 1. The Bertz CT molecular complexity index is 537. The summed E-state index contributed by atoms with van der Waals surface area (Å²) in [6.07, 6.45) is 2.62. The molecule has 0 spiro atoms. The molecule has 0 N–H and O–H groups in total. The molecule has 0 heterocycles. The number of allylic oxidation sites excluding steroid dienone is 1. The lowest BCUT2D eigenvalue weighted by molar-refractivity contribution is -0.385. The van der Waals surface area contributed by atoms with Gasteiger partial charge in [0.05, 0.1) is 16.5 Å². The summed E-state index contributed by atoms with van der Waals surface area (Å²) in [5.41, 5.74) is -0.189. The minimum atomic E-state index is -1.39. The summed E-state index contributed by atoms with van der Waals surface area (Å²) in [7, 11) is 0. The Kier molecular flexibility index (Phi) is 4.62. The fourth-order valence-corrected chi connectivity index (χ4v) is 1.51. The molecule has 0 bridgehead atoms. The smallest absolute Gasteiger partial charge is 0.278 e. The van der Waals surface area contributed by atoms with Gasteiger partial charge in [-0.2, -0.15) is 0 Å². The van der Waals surface area contributed by atoms with Crippen LogP contribution < -0.4 is 5.11 Å². The highest BCUT2D eigenvalue weighted by molar-refractivity contribution is 6.30. The van der Waals surface area contributed by atoms with Crippen LogP contribution >= 0.6 is 11.6 Å². The summed E-state index contributed by atoms with van der Waals surface area (Å²) in [5.74, 6) is -1.39. The number of carboxylic acid groups (broad SMARTS) is 1. The molecule has 1 rings (SSSR count). The molecule has 1 aromatic carbocycles. The molecule has 18 heavy (non-hydrogen) atoms. The molecule has 0 saturated heterocycles. The molecule has 94 valence electrons. The largest absolute Gasteiger partial charge is 0.545 e. The summed E-state index contributed by atoms with van der Waals surface area (Å²) in [5, 5.41) is 21.8. The Morgan fingerprint density at radius 2 is 2.17 bits per heavy atom. The van der Waals surface area contributed by atoms with Gasteiger partial charge in [-0.15, -0.1) is 6.58 Å². The molecule has 0 radical (unpaired) electrons. The number of nitro benzene ring substituents is 1. The zero-order valence-corrected chi connectivity index (χ0v) is 10.0. The van der Waals surface area contributed by atoms with Crippen molar-refractivity contribution >= 4 is 29.3 Å². The highest BCUT2D eigenvalue weighted by Gasteiger charge is 2.13. The van der Waals surface area contributed by atoms with E-state index in [1.54, 1.807) is 0 Å². The van der Waals surface area contributed by atoms with Gasteiger partial charge < -0.3 is 9.90 Å². The van der Waals surface area contributed by atoms with Gasteiger partial charge in [0.25, 0.3) is 5.69 Å². The van der Waals surface area contributed by atoms with Crippen LogP contribution in [0.5, 0.6) is 0 Å². The van der Waals surface area contributed by atoms with Crippen LogP contribution in [0.1, 0.15) is 12.0 Å². The number of hydrogen-bond acceptors (Lipinski definition) is 4. The van der Waals surface area contributed by atoms with Crippen LogP contribution in [0.25, 0.3) is 6.08 Å². The number of carbonyl (C=O) groups excluding carboxylic acids is 1. The Labute approximate surface area is 108 Å². The number of nitrogens with zero attached hydrogens (tertiary/aromatic N) is 1. The summed E-state index contributed by atoms with van der Waals surface area (Å²) in [6.45, 7) is 3.41. The third kappa shape index (κ3) is 3.43. The van der Waals surface area contributed by atoms with Crippen molar-refractivity contribution in [2.75, 3.05) is 0 Å². The Morgan fingerprint density at radius 1 is 1.50 bits per heavy atom. The van der Waals surface area contributed by atoms with Gasteiger partial charge in [-0.3, -0.25) is 10.1 Å². The lowest BCUT2D eigenvalue weighted by atomic mass is 10.1. The molecule has 0 aliphatic carbocycles. The van der Waals surface area contributed by atoms with E-state index in [1.165, 1.54) is 24.3 Å². The Morgan fingerprint density at radius 3 is 2.67 bits per heavy atom. The van der Waals surface area contributed by atoms with Crippen LogP contribution in [-0.4, -0.2) is 10.9 Å². The topological polar surface area (TPSA) is 83.3 Å². The monoisotopic (exact) mass is 266 g/mol. The van der Waals surface area contributed by atoms with Crippen molar-refractivity contribution in [2.24, 2.45) is 0 Å². The number of halogens is 1. The highest BCUT2D eigenvalue weighted by Crippen LogP contribution is 2.25. The van der Waals surface area contributed by atoms with Gasteiger partial charge in [0.1, 0.15) is 0 Å². The average Bonchev–Trinajstić information content (AvgIpc) is 2.30. The number of aliphatic carboxylic acids is 1. The summed E-state index contributed by atoms with van der Waals surface area (Å²) in [6, 6.07) is 3.99. The van der Waals surface area contributed by atoms with Crippen molar-refractivity contribution in [2.45, 2.75) is 6.42 Å². The predicted octanol–water partition coefficient (Wildman–Crippen LogP) is 1.96. The van der Waals surface area contributed by atoms with Gasteiger partial charge in [0, 0.05) is 11.1 Å². The highest BCUT2D eigenvalue weighted by atomic mass is 35.5. The third-order valence-electron chi connectivity index (χ3n) is 2.15. The summed E-state index contributed by atoms with van der Waals surface area (Å²) in [4.78, 5) is 21.0. The van der Waals surface area contributed by atoms with Gasteiger partial charge in [0.2, 0.25) is 0 Å². The van der Waals surface area contributed by atoms with E-state index in [0.717, 1.165) is 6.07 Å². The number of hydrogen-bond donors (Lipinski definition) is 0. The summed E-state index contributed by atoms with van der Waals surface area (Å²) >= 11 is 5.65. The molecule has 1 aromatic rings. The van der Waals surface area contributed by atoms with E-state index in [2.05, 4.69) is 6.58 Å². The van der Waals surface area contributed by atoms with Gasteiger partial charge in [-0.1, -0.05) is 17.7 Å². The molecular weight excluding hydrogens is 258 g/mol. The summed E-state index contributed by atoms with van der Waals surface area (Å²) < 4.78 is 0. The predicted molar refractivity (Wildman–Crippen MR) is 65.9 cm³/mol. The molecule has 0 aromatic heterocycles. The van der Waals surface area contributed by atoms with E-state index in [-0.39, 0.29) is 28.3 Å². The first kappa shape index (κ1) is 13.9. The fraction of sp³-hybridized carbons (Fsp3) is 0.0833. The average molecular weight is 267 g/mol. The lowest BCUT2D eigenvalue weighted by Gasteiger charge is -2.06. The van der Waals surface area contributed by atoms with Crippen molar-refractivity contribution < 1.29 is 14.8 Å². The SMILES string of the molecule is C=CC/C(=C\c1ccc(Cl)cc1[N+](=O)[O-])C(=O)[O-]. The van der Waals surface area contributed by atoms with Crippen LogP contribution in [0.4, 0.5) is 5.69 Å². The maximum absolute atomic E-state index is 10.8. The van der Waals surface area contributed by atoms with Gasteiger partial charge in [-0.05, 0) is 30.2 Å². The van der Waals surface area contributed by atoms with Crippen LogP contribution in [0.2, 0.25) is 5.02 Å². The zero-order chi connectivity index (χ0) is 13.7. The molecule has 0 unspecified atom stereocenters. The van der Waals surface area contributed by atoms with E-state index < -0.39 is 10.9 Å². The Hall–Kier alpha value is -2.14. The molecule has 0 atom stereocenters. The third-order valence-corrected chi connectivity index (χ3v) is 2.38. The second kappa shape index (κ2) is 5.97. The number of benzene rings is 1. The van der Waals surface area contributed by atoms with Crippen molar-refractivity contribution in [3.05, 3.63) is 57.1 Å². The molecule has 0 amide bonds. The number of carboxylic acids is 1. The van der Waals surface area contributed by atoms with Crippen LogP contribution in [0.15, 0.2) is 36.4 Å². The molecule has 0 aliphatic rings. The minimum absolute atomic E-state index is 0.0577. The fourth-order valence-electron chi connectivity index (χ4n) is 1.34. The van der Waals surface area contributed by atoms with Crippen molar-refractivity contribution in [3.63, 3.8) is 0 Å². The van der Waals surface area contributed by atoms with Crippen LogP contribution in [-0.2, 0) is 4.79 Å². The molecule has 5 nitrogen and oxygen atoms in total. The molecule has 0 fully saturated rings. The second-order valence-electron chi connectivity index (χ2n) is 3.41. The number of rotatable bonds is 5. The number of nitro groups is 1. The maximum atomic E-state index is 10.8. The molecule has 0 saturated carbocycles. The van der Waals surface area contributed by atoms with Gasteiger partial charge in [0.15, 0.2) is 0 Å². The van der Waals surface area contributed by atoms with E-state index in [9.17, 15) is 20.0 Å². The van der Waals surface area contributed by atoms with Crippen LogP contribution in [0.3, 0.4) is 0 Å². The van der Waals surface area contributed by atoms with Gasteiger partial charge >= 0.3 is 0 Å². The van der Waals surface area contributed by atoms with E-state index in [1.807, 2.05) is 0 Å². The van der Waals surface area contributed by atoms with Crippen molar-refractivity contribution in [1.82, 2.24) is 0 Å². The van der Waals surface area contributed by atoms with Gasteiger partial charge in [-0.25, -0.2) is 0 Å². The van der Waals surface area contributed by atoms with Crippen LogP contribution in [0, 0.1) is 10.1 Å². The minimum Gasteiger partial charge on any atom is -0.545 e. The first-order valence-corrected chi connectivity index (χ1v) is 5.30. The maximum Gasteiger partial charge on any atom is 0.278 e. The molecule has 0 aliphatic heterocycles.